The molecule has 4 rings (SSSR count). The third kappa shape index (κ3) is 6.69. The zero-order chi connectivity index (χ0) is 26.6. The van der Waals surface area contributed by atoms with Crippen molar-refractivity contribution < 1.29 is 13.2 Å². The second-order valence-electron chi connectivity index (χ2n) is 8.22. The number of nitrogens with zero attached hydrogens (tertiary/aromatic N) is 6. The molecule has 37 heavy (non-hydrogen) atoms. The summed E-state index contributed by atoms with van der Waals surface area (Å²) in [7, 11) is -2.10. The van der Waals surface area contributed by atoms with Gasteiger partial charge in [0.05, 0.1) is 17.5 Å². The Balaban J connectivity index is 1.35. The lowest BCUT2D eigenvalue weighted by Crippen LogP contribution is -2.44. The van der Waals surface area contributed by atoms with Crippen molar-refractivity contribution in [3.63, 3.8) is 0 Å². The summed E-state index contributed by atoms with van der Waals surface area (Å²) in [5.74, 6) is 0.0588. The molecule has 1 aliphatic rings. The molecule has 10 nitrogen and oxygen atoms in total. The van der Waals surface area contributed by atoms with Crippen LogP contribution in [-0.4, -0.2) is 68.1 Å². The monoisotopic (exact) mass is 557 g/mol. The van der Waals surface area contributed by atoms with Crippen molar-refractivity contribution in [3.8, 4) is 6.07 Å². The molecule has 0 bridgehead atoms. The Bertz CT molecular complexity index is 1440. The van der Waals surface area contributed by atoms with Crippen molar-refractivity contribution in [2.75, 3.05) is 54.0 Å². The van der Waals surface area contributed by atoms with Crippen LogP contribution in [0.25, 0.3) is 0 Å². The van der Waals surface area contributed by atoms with Gasteiger partial charge in [0.1, 0.15) is 16.9 Å². The van der Waals surface area contributed by atoms with Gasteiger partial charge in [-0.15, -0.1) is 0 Å². The van der Waals surface area contributed by atoms with Gasteiger partial charge in [-0.1, -0.05) is 23.7 Å². The number of benzene rings is 2. The maximum atomic E-state index is 12.9. The number of nitriles is 1. The predicted molar refractivity (Wildman–Crippen MR) is 145 cm³/mol. The van der Waals surface area contributed by atoms with E-state index in [2.05, 4.69) is 19.6 Å². The van der Waals surface area contributed by atoms with E-state index in [1.165, 1.54) is 13.1 Å². The van der Waals surface area contributed by atoms with Gasteiger partial charge < -0.3 is 10.2 Å². The lowest BCUT2D eigenvalue weighted by molar-refractivity contribution is 0.102. The van der Waals surface area contributed by atoms with Crippen LogP contribution in [0.3, 0.4) is 0 Å². The highest BCUT2D eigenvalue weighted by Crippen LogP contribution is 2.27. The molecule has 192 valence electrons. The summed E-state index contributed by atoms with van der Waals surface area (Å²) in [4.78, 5) is 24.4. The number of carbonyl (C=O) groups excluding carboxylic acids is 1. The van der Waals surface area contributed by atoms with E-state index < -0.39 is 15.9 Å². The summed E-state index contributed by atoms with van der Waals surface area (Å²) in [6, 6.07) is 17.4. The molecule has 1 saturated heterocycles. The maximum Gasteiger partial charge on any atom is 0.257 e. The maximum absolute atomic E-state index is 12.9. The molecule has 1 amide bonds. The Kier molecular flexibility index (Phi) is 8.19. The van der Waals surface area contributed by atoms with E-state index in [9.17, 15) is 13.2 Å². The summed E-state index contributed by atoms with van der Waals surface area (Å²) < 4.78 is 27.2. The van der Waals surface area contributed by atoms with E-state index in [-0.39, 0.29) is 16.4 Å². The molecular formula is C24H24ClN7O3S2. The zero-order valence-corrected chi connectivity index (χ0v) is 22.5. The Hall–Kier alpha value is -3.37. The summed E-state index contributed by atoms with van der Waals surface area (Å²) >= 11 is 7.61. The highest BCUT2D eigenvalue weighted by molar-refractivity contribution is 7.97. The van der Waals surface area contributed by atoms with Crippen LogP contribution in [0.5, 0.6) is 0 Å². The summed E-state index contributed by atoms with van der Waals surface area (Å²) in [5.41, 5.74) is 1.41. The van der Waals surface area contributed by atoms with E-state index in [0.717, 1.165) is 28.5 Å². The van der Waals surface area contributed by atoms with Crippen LogP contribution in [0.4, 0.5) is 17.3 Å². The average molecular weight is 558 g/mol. The lowest BCUT2D eigenvalue weighted by Gasteiger charge is -2.33. The molecule has 1 aliphatic heterocycles. The first kappa shape index (κ1) is 26.7. The number of sulfonamides is 1. The predicted octanol–water partition coefficient (Wildman–Crippen LogP) is 3.48. The molecule has 0 radical (unpaired) electrons. The van der Waals surface area contributed by atoms with Crippen molar-refractivity contribution in [1.29, 1.82) is 5.26 Å². The Morgan fingerprint density at radius 3 is 2.43 bits per heavy atom. The van der Waals surface area contributed by atoms with Crippen LogP contribution in [0.15, 0.2) is 59.5 Å². The number of halogens is 1. The highest BCUT2D eigenvalue weighted by atomic mass is 35.5. The van der Waals surface area contributed by atoms with E-state index in [0.29, 0.717) is 30.4 Å². The molecule has 0 spiro atoms. The number of aromatic nitrogens is 2. The lowest BCUT2D eigenvalue weighted by atomic mass is 10.1. The summed E-state index contributed by atoms with van der Waals surface area (Å²) in [6.45, 7) is 2.89. The molecule has 2 aromatic carbocycles. The number of carbonyl (C=O) groups is 1. The van der Waals surface area contributed by atoms with Gasteiger partial charge in [-0.25, -0.2) is 22.7 Å². The fraction of sp³-hybridized carbons (Fsp3) is 0.250. The smallest absolute Gasteiger partial charge is 0.257 e. The second kappa shape index (κ2) is 11.4. The number of amides is 1. The standard InChI is InChI=1S/C24H24ClN7O3S2/c1-30(37(2,34)35)21-6-4-3-5-20(21)23(33)27-17-7-9-19(10-8-17)36-32-13-11-31(12-14-32)24-28-18(16-26)15-22(25)29-24/h3-10,15H,11-14H2,1-2H3,(H,27,33). The first-order valence-electron chi connectivity index (χ1n) is 11.2. The molecule has 13 heteroatoms. The van der Waals surface area contributed by atoms with Gasteiger partial charge in [0.15, 0.2) is 0 Å². The molecule has 1 fully saturated rings. The van der Waals surface area contributed by atoms with Crippen LogP contribution in [-0.2, 0) is 10.0 Å². The highest BCUT2D eigenvalue weighted by Gasteiger charge is 2.22. The number of para-hydroxylation sites is 1. The van der Waals surface area contributed by atoms with Crippen LogP contribution in [0, 0.1) is 11.3 Å². The van der Waals surface area contributed by atoms with E-state index in [1.54, 1.807) is 36.2 Å². The third-order valence-electron chi connectivity index (χ3n) is 5.65. The average Bonchev–Trinajstić information content (AvgIpc) is 2.89. The minimum atomic E-state index is -3.51. The number of hydrogen-bond donors (Lipinski definition) is 1. The van der Waals surface area contributed by atoms with Crippen LogP contribution < -0.4 is 14.5 Å². The largest absolute Gasteiger partial charge is 0.338 e. The quantitative estimate of drug-likeness (QED) is 0.343. The molecule has 0 unspecified atom stereocenters. The van der Waals surface area contributed by atoms with Crippen molar-refractivity contribution >= 4 is 56.8 Å². The first-order chi connectivity index (χ1) is 17.6. The number of anilines is 3. The first-order valence-corrected chi connectivity index (χ1v) is 14.2. The minimum absolute atomic E-state index is 0.241. The Labute approximate surface area is 225 Å². The number of rotatable bonds is 7. The normalized spacial score (nSPS) is 14.2. The van der Waals surface area contributed by atoms with Crippen molar-refractivity contribution in [1.82, 2.24) is 14.3 Å². The molecule has 0 atom stereocenters. The number of nitrogens with one attached hydrogen (secondary N) is 1. The minimum Gasteiger partial charge on any atom is -0.338 e. The van der Waals surface area contributed by atoms with Crippen molar-refractivity contribution in [2.24, 2.45) is 0 Å². The molecule has 0 aliphatic carbocycles. The Morgan fingerprint density at radius 2 is 1.78 bits per heavy atom. The van der Waals surface area contributed by atoms with Crippen LogP contribution in [0.2, 0.25) is 5.15 Å². The summed E-state index contributed by atoms with van der Waals surface area (Å²) in [6.07, 6.45) is 1.09. The van der Waals surface area contributed by atoms with Crippen molar-refractivity contribution in [3.05, 3.63) is 71.0 Å². The van der Waals surface area contributed by atoms with Gasteiger partial charge in [0.25, 0.3) is 5.91 Å². The van der Waals surface area contributed by atoms with Gasteiger partial charge in [-0.2, -0.15) is 5.26 Å². The van der Waals surface area contributed by atoms with Gasteiger partial charge in [0, 0.05) is 49.9 Å². The molecule has 2 heterocycles. The van der Waals surface area contributed by atoms with E-state index in [1.807, 2.05) is 35.2 Å². The fourth-order valence-corrected chi connectivity index (χ4v) is 5.25. The number of hydrogen-bond acceptors (Lipinski definition) is 9. The SMILES string of the molecule is CN(c1ccccc1C(=O)Nc1ccc(SN2CCN(c3nc(Cl)cc(C#N)n3)CC2)cc1)S(C)(=O)=O. The molecule has 0 saturated carbocycles. The third-order valence-corrected chi connectivity index (χ3v) is 8.14. The van der Waals surface area contributed by atoms with E-state index in [4.69, 9.17) is 16.9 Å². The van der Waals surface area contributed by atoms with Gasteiger partial charge >= 0.3 is 0 Å². The fourth-order valence-electron chi connectivity index (χ4n) is 3.65. The topological polar surface area (TPSA) is 123 Å². The zero-order valence-electron chi connectivity index (χ0n) is 20.1. The Morgan fingerprint density at radius 1 is 1.11 bits per heavy atom. The van der Waals surface area contributed by atoms with Gasteiger partial charge in [-0.05, 0) is 48.3 Å². The van der Waals surface area contributed by atoms with Crippen LogP contribution >= 0.6 is 23.5 Å². The molecule has 1 aromatic heterocycles. The van der Waals surface area contributed by atoms with Crippen molar-refractivity contribution in [2.45, 2.75) is 4.90 Å². The second-order valence-corrected chi connectivity index (χ2v) is 11.8. The summed E-state index contributed by atoms with van der Waals surface area (Å²) in [5, 5.41) is 12.2. The molecule has 3 aromatic rings. The number of piperazine rings is 1. The van der Waals surface area contributed by atoms with E-state index >= 15 is 0 Å². The van der Waals surface area contributed by atoms with Gasteiger partial charge in [-0.3, -0.25) is 9.10 Å². The molecule has 1 N–H and O–H groups in total. The molecular weight excluding hydrogens is 534 g/mol. The van der Waals surface area contributed by atoms with Crippen LogP contribution in [0.1, 0.15) is 16.1 Å². The van der Waals surface area contributed by atoms with Gasteiger partial charge in [0.2, 0.25) is 16.0 Å².